The zero-order chi connectivity index (χ0) is 18.0. The number of carboxylic acid groups (broad SMARTS) is 1. The van der Waals surface area contributed by atoms with Gasteiger partial charge in [-0.3, -0.25) is 0 Å². The Morgan fingerprint density at radius 3 is 3.00 bits per heavy atom. The van der Waals surface area contributed by atoms with Crippen molar-refractivity contribution in [2.45, 2.75) is 18.9 Å². The molecule has 1 aromatic heterocycles. The summed E-state index contributed by atoms with van der Waals surface area (Å²) in [6, 6.07) is 4.12. The monoisotopic (exact) mass is 349 g/mol. The van der Waals surface area contributed by atoms with Crippen molar-refractivity contribution in [3.8, 4) is 17.1 Å². The Labute approximate surface area is 144 Å². The number of ether oxygens (including phenoxy) is 1. The highest BCUT2D eigenvalue weighted by atomic mass is 19.1. The summed E-state index contributed by atoms with van der Waals surface area (Å²) in [5, 5.41) is 16.7. The number of nitrogens with one attached hydrogen (secondary N) is 1. The first-order valence-corrected chi connectivity index (χ1v) is 8.01. The molecule has 2 heterocycles. The molecule has 0 spiro atoms. The molecule has 3 rings (SSSR count). The summed E-state index contributed by atoms with van der Waals surface area (Å²) in [6.07, 6.45) is 1.95. The molecule has 1 aliphatic heterocycles. The van der Waals surface area contributed by atoms with Gasteiger partial charge in [-0.25, -0.2) is 9.18 Å². The van der Waals surface area contributed by atoms with Crippen LogP contribution in [-0.2, 0) is 0 Å². The van der Waals surface area contributed by atoms with Crippen molar-refractivity contribution in [1.29, 1.82) is 0 Å². The fraction of sp³-hybridized carbons (Fsp3) is 0.412. The Morgan fingerprint density at radius 2 is 2.32 bits per heavy atom. The minimum atomic E-state index is -1.16. The van der Waals surface area contributed by atoms with Crippen molar-refractivity contribution in [2.24, 2.45) is 0 Å². The van der Waals surface area contributed by atoms with Crippen LogP contribution in [-0.4, -0.2) is 54.4 Å². The van der Waals surface area contributed by atoms with E-state index < -0.39 is 11.8 Å². The van der Waals surface area contributed by atoms with Crippen LogP contribution in [0.15, 0.2) is 22.7 Å². The van der Waals surface area contributed by atoms with Crippen LogP contribution in [0, 0.1) is 5.82 Å². The van der Waals surface area contributed by atoms with Crippen molar-refractivity contribution in [1.82, 2.24) is 10.1 Å². The van der Waals surface area contributed by atoms with Gasteiger partial charge in [-0.1, -0.05) is 5.16 Å². The molecule has 0 aliphatic carbocycles. The molecule has 1 aromatic carbocycles. The number of methoxy groups -OCH3 is 1. The summed E-state index contributed by atoms with van der Waals surface area (Å²) in [5.74, 6) is -1.44. The molecule has 0 saturated carbocycles. The van der Waals surface area contributed by atoms with Gasteiger partial charge >= 0.3 is 5.97 Å². The number of aromatic nitrogens is 1. The van der Waals surface area contributed by atoms with Crippen molar-refractivity contribution in [3.63, 3.8) is 0 Å². The number of nitrogens with zero attached hydrogens (tertiary/aromatic N) is 2. The summed E-state index contributed by atoms with van der Waals surface area (Å²) in [5.41, 5.74) is 0.318. The molecule has 25 heavy (non-hydrogen) atoms. The molecule has 1 saturated heterocycles. The van der Waals surface area contributed by atoms with E-state index in [1.54, 1.807) is 0 Å². The Kier molecular flexibility index (Phi) is 4.89. The molecule has 1 aliphatic rings. The third-order valence-electron chi connectivity index (χ3n) is 4.28. The maximum Gasteiger partial charge on any atom is 0.343 e. The van der Waals surface area contributed by atoms with Gasteiger partial charge in [-0.05, 0) is 44.6 Å². The van der Waals surface area contributed by atoms with Gasteiger partial charge in [0, 0.05) is 18.2 Å². The fourth-order valence-corrected chi connectivity index (χ4v) is 3.06. The van der Waals surface area contributed by atoms with E-state index in [0.29, 0.717) is 5.56 Å². The standard InChI is InChI=1S/C17H20FN3O4/c1-21-7-3-4-11(9-21)19-16-14(17(22)23)15(25-20-16)10-5-6-12(18)13(8-10)24-2/h5-6,8,11H,3-4,7,9H2,1-2H3,(H,19,20)(H,22,23). The minimum absolute atomic E-state index is 0.00801. The van der Waals surface area contributed by atoms with Crippen molar-refractivity contribution >= 4 is 11.8 Å². The summed E-state index contributed by atoms with van der Waals surface area (Å²) < 4.78 is 23.8. The SMILES string of the molecule is COc1cc(-c2onc(NC3CCCN(C)C3)c2C(=O)O)ccc1F. The molecule has 134 valence electrons. The molecule has 1 fully saturated rings. The number of piperidine rings is 1. The van der Waals surface area contributed by atoms with E-state index in [9.17, 15) is 14.3 Å². The average molecular weight is 349 g/mol. The molecule has 0 bridgehead atoms. The molecular formula is C17H20FN3O4. The molecule has 1 atom stereocenters. The van der Waals surface area contributed by atoms with Gasteiger partial charge in [0.05, 0.1) is 7.11 Å². The van der Waals surface area contributed by atoms with E-state index >= 15 is 0 Å². The number of benzene rings is 1. The highest BCUT2D eigenvalue weighted by Crippen LogP contribution is 2.33. The molecule has 8 heteroatoms. The number of carbonyl (C=O) groups is 1. The van der Waals surface area contributed by atoms with E-state index in [2.05, 4.69) is 15.4 Å². The van der Waals surface area contributed by atoms with Crippen LogP contribution < -0.4 is 10.1 Å². The first-order chi connectivity index (χ1) is 12.0. The molecule has 2 N–H and O–H groups in total. The Balaban J connectivity index is 1.93. The van der Waals surface area contributed by atoms with E-state index in [4.69, 9.17) is 9.26 Å². The number of likely N-dealkylation sites (tertiary alicyclic amines) is 1. The first kappa shape index (κ1) is 17.2. The molecule has 2 aromatic rings. The maximum atomic E-state index is 13.6. The number of hydrogen-bond acceptors (Lipinski definition) is 6. The van der Waals surface area contributed by atoms with Gasteiger partial charge < -0.3 is 24.6 Å². The van der Waals surface area contributed by atoms with Crippen LogP contribution >= 0.6 is 0 Å². The van der Waals surface area contributed by atoms with Crippen LogP contribution in [0.1, 0.15) is 23.2 Å². The lowest BCUT2D eigenvalue weighted by Gasteiger charge is -2.30. The normalized spacial score (nSPS) is 18.1. The molecule has 0 radical (unpaired) electrons. The third-order valence-corrected chi connectivity index (χ3v) is 4.28. The fourth-order valence-electron chi connectivity index (χ4n) is 3.06. The van der Waals surface area contributed by atoms with Gasteiger partial charge in [0.15, 0.2) is 28.7 Å². The summed E-state index contributed by atoms with van der Waals surface area (Å²) in [7, 11) is 3.36. The molecule has 7 nitrogen and oxygen atoms in total. The van der Waals surface area contributed by atoms with Crippen molar-refractivity contribution in [2.75, 3.05) is 32.6 Å². The van der Waals surface area contributed by atoms with E-state index in [0.717, 1.165) is 25.9 Å². The van der Waals surface area contributed by atoms with E-state index in [-0.39, 0.29) is 28.9 Å². The second-order valence-electron chi connectivity index (χ2n) is 6.14. The average Bonchev–Trinajstić information content (AvgIpc) is 2.99. The maximum absolute atomic E-state index is 13.6. The van der Waals surface area contributed by atoms with Crippen LogP contribution in [0.25, 0.3) is 11.3 Å². The Morgan fingerprint density at radius 1 is 1.52 bits per heavy atom. The van der Waals surface area contributed by atoms with Gasteiger partial charge in [-0.2, -0.15) is 0 Å². The lowest BCUT2D eigenvalue weighted by atomic mass is 10.0. The number of aromatic carboxylic acids is 1. The summed E-state index contributed by atoms with van der Waals surface area (Å²) in [4.78, 5) is 13.9. The molecule has 1 unspecified atom stereocenters. The largest absolute Gasteiger partial charge is 0.494 e. The third kappa shape index (κ3) is 3.58. The lowest BCUT2D eigenvalue weighted by Crippen LogP contribution is -2.40. The van der Waals surface area contributed by atoms with Crippen LogP contribution in [0.3, 0.4) is 0 Å². The number of carboxylic acids is 1. The molecule has 0 amide bonds. The predicted octanol–water partition coefficient (Wildman–Crippen LogP) is 2.69. The van der Waals surface area contributed by atoms with Crippen LogP contribution in [0.2, 0.25) is 0 Å². The molecular weight excluding hydrogens is 329 g/mol. The second-order valence-corrected chi connectivity index (χ2v) is 6.14. The number of rotatable bonds is 5. The van der Waals surface area contributed by atoms with Gasteiger partial charge in [0.25, 0.3) is 0 Å². The zero-order valence-corrected chi connectivity index (χ0v) is 14.1. The van der Waals surface area contributed by atoms with E-state index in [1.807, 2.05) is 7.05 Å². The topological polar surface area (TPSA) is 87.8 Å². The van der Waals surface area contributed by atoms with E-state index in [1.165, 1.54) is 25.3 Å². The van der Waals surface area contributed by atoms with Crippen molar-refractivity contribution < 1.29 is 23.6 Å². The number of halogens is 1. The number of likely N-dealkylation sites (N-methyl/N-ethyl adjacent to an activating group) is 1. The zero-order valence-electron chi connectivity index (χ0n) is 14.1. The number of hydrogen-bond donors (Lipinski definition) is 2. The number of anilines is 1. The van der Waals surface area contributed by atoms with Gasteiger partial charge in [0.2, 0.25) is 0 Å². The summed E-state index contributed by atoms with van der Waals surface area (Å²) >= 11 is 0. The predicted molar refractivity (Wildman–Crippen MR) is 89.6 cm³/mol. The second kappa shape index (κ2) is 7.10. The Bertz CT molecular complexity index is 777. The lowest BCUT2D eigenvalue weighted by molar-refractivity contribution is 0.0698. The van der Waals surface area contributed by atoms with Gasteiger partial charge in [-0.15, -0.1) is 0 Å². The highest BCUT2D eigenvalue weighted by molar-refractivity contribution is 5.99. The summed E-state index contributed by atoms with van der Waals surface area (Å²) in [6.45, 7) is 1.81. The highest BCUT2D eigenvalue weighted by Gasteiger charge is 2.27. The quantitative estimate of drug-likeness (QED) is 0.858. The van der Waals surface area contributed by atoms with Crippen LogP contribution in [0.5, 0.6) is 5.75 Å². The van der Waals surface area contributed by atoms with Crippen molar-refractivity contribution in [3.05, 3.63) is 29.6 Å². The van der Waals surface area contributed by atoms with Gasteiger partial charge in [0.1, 0.15) is 0 Å². The van der Waals surface area contributed by atoms with Crippen LogP contribution in [0.4, 0.5) is 10.2 Å². The first-order valence-electron chi connectivity index (χ1n) is 8.01. The Hall–Kier alpha value is -2.61. The smallest absolute Gasteiger partial charge is 0.343 e. The minimum Gasteiger partial charge on any atom is -0.494 e.